The van der Waals surface area contributed by atoms with Crippen LogP contribution in [0.2, 0.25) is 0 Å². The molecule has 1 aromatic carbocycles. The summed E-state index contributed by atoms with van der Waals surface area (Å²) in [6.45, 7) is 7.45. The smallest absolute Gasteiger partial charge is 0.412 e. The van der Waals surface area contributed by atoms with Gasteiger partial charge in [0.2, 0.25) is 0 Å². The summed E-state index contributed by atoms with van der Waals surface area (Å²) in [7, 11) is 0. The molecule has 7 nitrogen and oxygen atoms in total. The third-order valence-corrected chi connectivity index (χ3v) is 3.80. The van der Waals surface area contributed by atoms with Crippen molar-refractivity contribution in [3.63, 3.8) is 0 Å². The van der Waals surface area contributed by atoms with Crippen LogP contribution in [0.1, 0.15) is 26.3 Å². The lowest BCUT2D eigenvalue weighted by Gasteiger charge is -2.20. The maximum atomic E-state index is 12.0. The van der Waals surface area contributed by atoms with Crippen molar-refractivity contribution in [2.24, 2.45) is 0 Å². The van der Waals surface area contributed by atoms with Crippen molar-refractivity contribution in [2.75, 3.05) is 10.6 Å². The summed E-state index contributed by atoms with van der Waals surface area (Å²) in [5, 5.41) is 6.09. The Morgan fingerprint density at radius 2 is 1.89 bits per heavy atom. The summed E-state index contributed by atoms with van der Waals surface area (Å²) in [5.74, 6) is 0.665. The van der Waals surface area contributed by atoms with Gasteiger partial charge in [-0.2, -0.15) is 0 Å². The minimum absolute atomic E-state index is 0.498. The predicted molar refractivity (Wildman–Crippen MR) is 110 cm³/mol. The zero-order valence-electron chi connectivity index (χ0n) is 16.4. The molecule has 3 aromatic rings. The van der Waals surface area contributed by atoms with Gasteiger partial charge in [0.25, 0.3) is 0 Å². The number of carbonyl (C=O) groups is 1. The number of benzene rings is 1. The Kier molecular flexibility index (Phi) is 5.54. The van der Waals surface area contributed by atoms with Crippen LogP contribution in [0.3, 0.4) is 0 Å². The minimum atomic E-state index is -0.559. The number of nitrogens with zero attached hydrogens (tertiary/aromatic N) is 3. The number of anilines is 3. The van der Waals surface area contributed by atoms with Crippen molar-refractivity contribution in [3.8, 4) is 11.3 Å². The highest BCUT2D eigenvalue weighted by Crippen LogP contribution is 2.29. The van der Waals surface area contributed by atoms with Gasteiger partial charge < -0.3 is 10.1 Å². The van der Waals surface area contributed by atoms with Crippen molar-refractivity contribution < 1.29 is 9.53 Å². The van der Waals surface area contributed by atoms with E-state index in [4.69, 9.17) is 4.74 Å². The fourth-order valence-corrected chi connectivity index (χ4v) is 2.55. The van der Waals surface area contributed by atoms with Gasteiger partial charge in [-0.05, 0) is 63.6 Å². The number of amides is 1. The third-order valence-electron chi connectivity index (χ3n) is 3.80. The van der Waals surface area contributed by atoms with Crippen molar-refractivity contribution >= 4 is 23.3 Å². The molecule has 2 aromatic heterocycles. The number of pyridine rings is 1. The van der Waals surface area contributed by atoms with Gasteiger partial charge >= 0.3 is 6.09 Å². The molecule has 2 heterocycles. The summed E-state index contributed by atoms with van der Waals surface area (Å²) in [6, 6.07) is 11.2. The highest BCUT2D eigenvalue weighted by molar-refractivity contribution is 5.86. The van der Waals surface area contributed by atoms with Crippen LogP contribution in [0.4, 0.5) is 22.0 Å². The van der Waals surface area contributed by atoms with Crippen LogP contribution in [0, 0.1) is 6.92 Å². The van der Waals surface area contributed by atoms with E-state index in [2.05, 4.69) is 25.6 Å². The van der Waals surface area contributed by atoms with Gasteiger partial charge in [0, 0.05) is 29.3 Å². The second-order valence-corrected chi connectivity index (χ2v) is 7.28. The van der Waals surface area contributed by atoms with E-state index in [1.54, 1.807) is 12.4 Å². The molecule has 1 amide bonds. The van der Waals surface area contributed by atoms with E-state index in [-0.39, 0.29) is 0 Å². The maximum Gasteiger partial charge on any atom is 0.412 e. The van der Waals surface area contributed by atoms with E-state index in [9.17, 15) is 4.79 Å². The minimum Gasteiger partial charge on any atom is -0.444 e. The second-order valence-electron chi connectivity index (χ2n) is 7.28. The van der Waals surface area contributed by atoms with E-state index in [0.717, 1.165) is 22.5 Å². The molecule has 28 heavy (non-hydrogen) atoms. The normalized spacial score (nSPS) is 11.0. The van der Waals surface area contributed by atoms with Crippen LogP contribution in [-0.4, -0.2) is 26.6 Å². The van der Waals surface area contributed by atoms with E-state index in [0.29, 0.717) is 11.5 Å². The molecule has 0 aliphatic carbocycles. The van der Waals surface area contributed by atoms with Crippen LogP contribution in [0.15, 0.2) is 55.1 Å². The fourth-order valence-electron chi connectivity index (χ4n) is 2.55. The van der Waals surface area contributed by atoms with Crippen molar-refractivity contribution in [3.05, 3.63) is 60.7 Å². The molecule has 0 spiro atoms. The molecule has 0 radical (unpaired) electrons. The van der Waals surface area contributed by atoms with E-state index < -0.39 is 11.7 Å². The summed E-state index contributed by atoms with van der Waals surface area (Å²) >= 11 is 0. The van der Waals surface area contributed by atoms with Crippen LogP contribution in [-0.2, 0) is 4.74 Å². The molecule has 0 unspecified atom stereocenters. The second kappa shape index (κ2) is 8.04. The van der Waals surface area contributed by atoms with Gasteiger partial charge in [-0.25, -0.2) is 19.7 Å². The first-order valence-electron chi connectivity index (χ1n) is 8.91. The summed E-state index contributed by atoms with van der Waals surface area (Å²) < 4.78 is 5.31. The average Bonchev–Trinajstić information content (AvgIpc) is 2.64. The summed E-state index contributed by atoms with van der Waals surface area (Å²) in [5.41, 5.74) is 3.52. The van der Waals surface area contributed by atoms with E-state index in [1.807, 2.05) is 64.1 Å². The fraction of sp³-hybridized carbons (Fsp3) is 0.238. The number of nitrogens with one attached hydrogen (secondary N) is 2. The van der Waals surface area contributed by atoms with Crippen molar-refractivity contribution in [1.29, 1.82) is 0 Å². The van der Waals surface area contributed by atoms with Gasteiger partial charge in [0.15, 0.2) is 0 Å². The zero-order valence-corrected chi connectivity index (χ0v) is 16.4. The summed E-state index contributed by atoms with van der Waals surface area (Å²) in [6.07, 6.45) is 4.41. The van der Waals surface area contributed by atoms with E-state index >= 15 is 0 Å². The third kappa shape index (κ3) is 5.03. The quantitative estimate of drug-likeness (QED) is 0.669. The van der Waals surface area contributed by atoms with Gasteiger partial charge in [-0.3, -0.25) is 5.32 Å². The van der Waals surface area contributed by atoms with Crippen LogP contribution in [0.5, 0.6) is 0 Å². The molecule has 3 rings (SSSR count). The lowest BCUT2D eigenvalue weighted by Crippen LogP contribution is -2.27. The molecule has 7 heteroatoms. The monoisotopic (exact) mass is 377 g/mol. The van der Waals surface area contributed by atoms with Gasteiger partial charge in [0.05, 0.1) is 5.69 Å². The van der Waals surface area contributed by atoms with Gasteiger partial charge in [0.1, 0.15) is 17.7 Å². The van der Waals surface area contributed by atoms with Crippen LogP contribution >= 0.6 is 0 Å². The molecular formula is C21H23N5O2. The molecule has 0 atom stereocenters. The first kappa shape index (κ1) is 19.3. The van der Waals surface area contributed by atoms with Crippen LogP contribution < -0.4 is 10.6 Å². The van der Waals surface area contributed by atoms with Crippen molar-refractivity contribution in [2.45, 2.75) is 33.3 Å². The SMILES string of the molecule is Cc1ccc(NC(=O)OC(C)(C)C)cc1Nc1ncccc1-c1ccncn1. The molecule has 0 fully saturated rings. The number of rotatable bonds is 4. The predicted octanol–water partition coefficient (Wildman–Crippen LogP) is 4.94. The van der Waals surface area contributed by atoms with E-state index in [1.165, 1.54) is 6.33 Å². The largest absolute Gasteiger partial charge is 0.444 e. The number of carbonyl (C=O) groups excluding carboxylic acids is 1. The number of hydrogen-bond acceptors (Lipinski definition) is 6. The number of hydrogen-bond donors (Lipinski definition) is 2. The molecule has 0 saturated carbocycles. The van der Waals surface area contributed by atoms with Gasteiger partial charge in [-0.15, -0.1) is 0 Å². The molecule has 0 bridgehead atoms. The Bertz CT molecular complexity index is 968. The van der Waals surface area contributed by atoms with Crippen molar-refractivity contribution in [1.82, 2.24) is 15.0 Å². The Labute approximate surface area is 164 Å². The Hall–Kier alpha value is -3.48. The van der Waals surface area contributed by atoms with Crippen LogP contribution in [0.25, 0.3) is 11.3 Å². The maximum absolute atomic E-state index is 12.0. The highest BCUT2D eigenvalue weighted by atomic mass is 16.6. The summed E-state index contributed by atoms with van der Waals surface area (Å²) in [4.78, 5) is 24.7. The Morgan fingerprint density at radius 1 is 1.07 bits per heavy atom. The first-order chi connectivity index (χ1) is 13.3. The molecule has 2 N–H and O–H groups in total. The average molecular weight is 377 g/mol. The molecule has 0 aliphatic rings. The number of aryl methyl sites for hydroxylation is 1. The van der Waals surface area contributed by atoms with Gasteiger partial charge in [-0.1, -0.05) is 6.07 Å². The number of ether oxygens (including phenoxy) is 1. The molecule has 0 aliphatic heterocycles. The lowest BCUT2D eigenvalue weighted by atomic mass is 10.1. The highest BCUT2D eigenvalue weighted by Gasteiger charge is 2.16. The number of aromatic nitrogens is 3. The molecular weight excluding hydrogens is 354 g/mol. The zero-order chi connectivity index (χ0) is 20.1. The lowest BCUT2D eigenvalue weighted by molar-refractivity contribution is 0.0636. The Balaban J connectivity index is 1.85. The topological polar surface area (TPSA) is 89.0 Å². The molecule has 0 saturated heterocycles. The first-order valence-corrected chi connectivity index (χ1v) is 8.91. The molecule has 144 valence electrons. The standard InChI is InChI=1S/C21H23N5O2/c1-14-7-8-15(25-20(27)28-21(2,3)4)12-18(14)26-19-16(6-5-10-23-19)17-9-11-22-13-24-17/h5-13H,1-4H3,(H,23,26)(H,25,27). The Morgan fingerprint density at radius 3 is 2.61 bits per heavy atom.